The highest BCUT2D eigenvalue weighted by atomic mass is 16.2. The molecule has 8 nitrogen and oxygen atoms in total. The standard InChI is InChI=1S/C22H27N7O/c1-15-9-19(26-27(15)3)21(30)29-13-22(14-29)12-28(10-17-7-5-4-6-8-17)11-18(22)20-23-16(2)24-25-20/h4-9,18H,10-14H2,1-3H3,(H,23,24,25). The average molecular weight is 406 g/mol. The summed E-state index contributed by atoms with van der Waals surface area (Å²) in [4.78, 5) is 22.0. The maximum absolute atomic E-state index is 13.0. The molecule has 2 saturated heterocycles. The van der Waals surface area contributed by atoms with E-state index in [0.717, 1.165) is 37.0 Å². The van der Waals surface area contributed by atoms with E-state index >= 15 is 0 Å². The average Bonchev–Trinajstić information content (AvgIpc) is 3.38. The SMILES string of the molecule is Cc1nc(C2CN(Cc3ccccc3)CC23CN(C(=O)c2cc(C)n(C)n2)C3)n[nH]1. The van der Waals surface area contributed by atoms with Crippen LogP contribution in [-0.2, 0) is 13.6 Å². The van der Waals surface area contributed by atoms with Crippen LogP contribution in [0.5, 0.6) is 0 Å². The zero-order valence-corrected chi connectivity index (χ0v) is 17.7. The highest BCUT2D eigenvalue weighted by Gasteiger charge is 2.57. The summed E-state index contributed by atoms with van der Waals surface area (Å²) in [7, 11) is 1.86. The predicted octanol–water partition coefficient (Wildman–Crippen LogP) is 1.90. The lowest BCUT2D eigenvalue weighted by Crippen LogP contribution is -2.61. The van der Waals surface area contributed by atoms with E-state index in [0.29, 0.717) is 18.8 Å². The number of carbonyl (C=O) groups excluding carboxylic acids is 1. The van der Waals surface area contributed by atoms with Crippen LogP contribution in [0.3, 0.4) is 0 Å². The van der Waals surface area contributed by atoms with Crippen LogP contribution in [0.25, 0.3) is 0 Å². The number of H-pyrrole nitrogens is 1. The molecule has 5 rings (SSSR count). The molecule has 1 amide bonds. The molecule has 1 atom stereocenters. The highest BCUT2D eigenvalue weighted by molar-refractivity contribution is 5.93. The van der Waals surface area contributed by atoms with Gasteiger partial charge in [0.2, 0.25) is 0 Å². The third-order valence-corrected chi connectivity index (χ3v) is 6.53. The lowest BCUT2D eigenvalue weighted by atomic mass is 9.71. The van der Waals surface area contributed by atoms with E-state index in [1.165, 1.54) is 5.56 Å². The molecule has 2 aliphatic heterocycles. The van der Waals surface area contributed by atoms with Gasteiger partial charge in [-0.1, -0.05) is 30.3 Å². The van der Waals surface area contributed by atoms with Crippen LogP contribution < -0.4 is 0 Å². The lowest BCUT2D eigenvalue weighted by Gasteiger charge is -2.50. The molecule has 1 spiro atoms. The first-order valence-corrected chi connectivity index (χ1v) is 10.4. The van der Waals surface area contributed by atoms with E-state index in [4.69, 9.17) is 0 Å². The lowest BCUT2D eigenvalue weighted by molar-refractivity contribution is 0.00132. The van der Waals surface area contributed by atoms with Crippen LogP contribution in [0.1, 0.15) is 39.3 Å². The van der Waals surface area contributed by atoms with Gasteiger partial charge in [0.1, 0.15) is 5.82 Å². The molecule has 0 radical (unpaired) electrons. The molecule has 1 aromatic carbocycles. The fraction of sp³-hybridized carbons (Fsp3) is 0.455. The molecule has 30 heavy (non-hydrogen) atoms. The molecule has 156 valence electrons. The minimum atomic E-state index is -0.0110. The molecule has 1 N–H and O–H groups in total. The van der Waals surface area contributed by atoms with Crippen molar-refractivity contribution in [3.8, 4) is 0 Å². The Kier molecular flexibility index (Phi) is 4.47. The number of hydrogen-bond donors (Lipinski definition) is 1. The zero-order chi connectivity index (χ0) is 20.9. The van der Waals surface area contributed by atoms with E-state index in [2.05, 4.69) is 49.4 Å². The number of nitrogens with zero attached hydrogens (tertiary/aromatic N) is 6. The van der Waals surface area contributed by atoms with Gasteiger partial charge in [-0.3, -0.25) is 19.5 Å². The van der Waals surface area contributed by atoms with Gasteiger partial charge in [0.25, 0.3) is 5.91 Å². The molecular weight excluding hydrogens is 378 g/mol. The number of benzene rings is 1. The van der Waals surface area contributed by atoms with Gasteiger partial charge >= 0.3 is 0 Å². The maximum atomic E-state index is 13.0. The second kappa shape index (κ2) is 7.05. The van der Waals surface area contributed by atoms with Crippen molar-refractivity contribution in [1.29, 1.82) is 0 Å². The maximum Gasteiger partial charge on any atom is 0.274 e. The number of hydrogen-bond acceptors (Lipinski definition) is 5. The second-order valence-corrected chi connectivity index (χ2v) is 8.80. The molecule has 8 heteroatoms. The largest absolute Gasteiger partial charge is 0.336 e. The number of carbonyl (C=O) groups is 1. The first-order valence-electron chi connectivity index (χ1n) is 10.4. The van der Waals surface area contributed by atoms with Crippen molar-refractivity contribution in [3.05, 3.63) is 65.0 Å². The third-order valence-electron chi connectivity index (χ3n) is 6.53. The summed E-state index contributed by atoms with van der Waals surface area (Å²) in [6.45, 7) is 8.05. The Morgan fingerprint density at radius 2 is 1.97 bits per heavy atom. The molecule has 0 bridgehead atoms. The summed E-state index contributed by atoms with van der Waals surface area (Å²) < 4.78 is 1.75. The van der Waals surface area contributed by atoms with Crippen molar-refractivity contribution in [2.24, 2.45) is 12.5 Å². The molecule has 2 aromatic heterocycles. The minimum absolute atomic E-state index is 0.00996. The van der Waals surface area contributed by atoms with Crippen molar-refractivity contribution in [2.45, 2.75) is 26.3 Å². The van der Waals surface area contributed by atoms with Crippen molar-refractivity contribution in [3.63, 3.8) is 0 Å². The molecule has 1 unspecified atom stereocenters. The van der Waals surface area contributed by atoms with Crippen LogP contribution in [0.2, 0.25) is 0 Å². The Hall–Kier alpha value is -3.00. The van der Waals surface area contributed by atoms with E-state index in [-0.39, 0.29) is 17.2 Å². The van der Waals surface area contributed by atoms with Gasteiger partial charge in [-0.15, -0.1) is 0 Å². The zero-order valence-electron chi connectivity index (χ0n) is 17.7. The van der Waals surface area contributed by atoms with Gasteiger partial charge < -0.3 is 4.90 Å². The summed E-state index contributed by atoms with van der Waals surface area (Å²) in [5, 5.41) is 11.8. The van der Waals surface area contributed by atoms with Gasteiger partial charge in [-0.25, -0.2) is 4.98 Å². The van der Waals surface area contributed by atoms with E-state index < -0.39 is 0 Å². The van der Waals surface area contributed by atoms with E-state index in [1.807, 2.05) is 37.9 Å². The number of nitrogens with one attached hydrogen (secondary N) is 1. The highest BCUT2D eigenvalue weighted by Crippen LogP contribution is 2.48. The Labute approximate surface area is 175 Å². The second-order valence-electron chi connectivity index (χ2n) is 8.80. The molecule has 0 saturated carbocycles. The fourth-order valence-corrected chi connectivity index (χ4v) is 4.91. The topological polar surface area (TPSA) is 82.9 Å². The van der Waals surface area contributed by atoms with Crippen molar-refractivity contribution >= 4 is 5.91 Å². The molecule has 3 aromatic rings. The molecule has 4 heterocycles. The van der Waals surface area contributed by atoms with Gasteiger partial charge in [-0.05, 0) is 25.5 Å². The van der Waals surface area contributed by atoms with E-state index in [1.54, 1.807) is 4.68 Å². The minimum Gasteiger partial charge on any atom is -0.336 e. The van der Waals surface area contributed by atoms with Crippen LogP contribution in [-0.4, -0.2) is 66.8 Å². The first-order chi connectivity index (χ1) is 14.4. The van der Waals surface area contributed by atoms with Gasteiger partial charge in [0.05, 0.1) is 0 Å². The first kappa shape index (κ1) is 19.0. The Balaban J connectivity index is 1.36. The number of aromatic nitrogens is 5. The van der Waals surface area contributed by atoms with Crippen molar-refractivity contribution in [1.82, 2.24) is 34.8 Å². The predicted molar refractivity (Wildman–Crippen MR) is 112 cm³/mol. The number of aromatic amines is 1. The number of amides is 1. The van der Waals surface area contributed by atoms with Crippen molar-refractivity contribution in [2.75, 3.05) is 26.2 Å². The Morgan fingerprint density at radius 1 is 1.20 bits per heavy atom. The number of likely N-dealkylation sites (tertiary alicyclic amines) is 2. The summed E-state index contributed by atoms with van der Waals surface area (Å²) in [6, 6.07) is 12.4. The molecule has 2 fully saturated rings. The monoisotopic (exact) mass is 405 g/mol. The molecule has 2 aliphatic rings. The Morgan fingerprint density at radius 3 is 2.60 bits per heavy atom. The molecular formula is C22H27N7O. The van der Waals surface area contributed by atoms with Crippen LogP contribution in [0.4, 0.5) is 0 Å². The number of aryl methyl sites for hydroxylation is 3. The smallest absolute Gasteiger partial charge is 0.274 e. The van der Waals surface area contributed by atoms with E-state index in [9.17, 15) is 4.79 Å². The Bertz CT molecular complexity index is 1040. The quantitative estimate of drug-likeness (QED) is 0.717. The number of rotatable bonds is 4. The fourth-order valence-electron chi connectivity index (χ4n) is 4.91. The van der Waals surface area contributed by atoms with Crippen LogP contribution in [0.15, 0.2) is 36.4 Å². The summed E-state index contributed by atoms with van der Waals surface area (Å²) in [5.41, 5.74) is 2.80. The summed E-state index contributed by atoms with van der Waals surface area (Å²) in [5.74, 6) is 1.91. The van der Waals surface area contributed by atoms with Gasteiger partial charge in [0, 0.05) is 56.8 Å². The van der Waals surface area contributed by atoms with Gasteiger partial charge in [-0.2, -0.15) is 10.2 Å². The van der Waals surface area contributed by atoms with Crippen LogP contribution >= 0.6 is 0 Å². The normalized spacial score (nSPS) is 20.6. The van der Waals surface area contributed by atoms with Crippen molar-refractivity contribution < 1.29 is 4.79 Å². The molecule has 0 aliphatic carbocycles. The van der Waals surface area contributed by atoms with Gasteiger partial charge in [0.15, 0.2) is 11.5 Å². The third kappa shape index (κ3) is 3.21. The van der Waals surface area contributed by atoms with Crippen LogP contribution in [0, 0.1) is 19.3 Å². The summed E-state index contributed by atoms with van der Waals surface area (Å²) >= 11 is 0. The summed E-state index contributed by atoms with van der Waals surface area (Å²) in [6.07, 6.45) is 0.